The molecule has 2 aromatic carbocycles. The molecule has 1 heterocycles. The van der Waals surface area contributed by atoms with Gasteiger partial charge in [0.05, 0.1) is 0 Å². The molecule has 1 amide bonds. The fourth-order valence-electron chi connectivity index (χ4n) is 3.54. The highest BCUT2D eigenvalue weighted by molar-refractivity contribution is 5.76. The molecule has 0 atom stereocenters. The molecule has 138 valence electrons. The molecule has 1 aliphatic heterocycles. The Labute approximate surface area is 157 Å². The van der Waals surface area contributed by atoms with E-state index in [1.807, 2.05) is 0 Å². The summed E-state index contributed by atoms with van der Waals surface area (Å²) in [5.41, 5.74) is 6.34. The van der Waals surface area contributed by atoms with Crippen LogP contribution in [0.3, 0.4) is 0 Å². The van der Waals surface area contributed by atoms with Gasteiger partial charge in [-0.2, -0.15) is 0 Å². The van der Waals surface area contributed by atoms with Gasteiger partial charge in [-0.1, -0.05) is 42.5 Å². The van der Waals surface area contributed by atoms with E-state index in [-0.39, 0.29) is 5.91 Å². The molecule has 0 radical (unpaired) electrons. The lowest BCUT2D eigenvalue weighted by Gasteiger charge is -2.15. The van der Waals surface area contributed by atoms with Gasteiger partial charge in [-0.3, -0.25) is 9.69 Å². The summed E-state index contributed by atoms with van der Waals surface area (Å²) in [4.78, 5) is 14.7. The van der Waals surface area contributed by atoms with Crippen LogP contribution in [0.25, 0.3) is 0 Å². The van der Waals surface area contributed by atoms with Crippen molar-refractivity contribution in [3.63, 3.8) is 0 Å². The topological polar surface area (TPSA) is 32.3 Å². The van der Waals surface area contributed by atoms with Gasteiger partial charge in [0.15, 0.2) is 0 Å². The quantitative estimate of drug-likeness (QED) is 0.814. The molecule has 0 saturated carbocycles. The number of rotatable bonds is 7. The van der Waals surface area contributed by atoms with E-state index in [2.05, 4.69) is 66.5 Å². The van der Waals surface area contributed by atoms with E-state index in [1.54, 1.807) is 0 Å². The number of carbonyl (C=O) groups is 1. The van der Waals surface area contributed by atoms with Crippen molar-refractivity contribution in [2.75, 3.05) is 13.1 Å². The second-order valence-electron chi connectivity index (χ2n) is 7.50. The molecule has 0 bridgehead atoms. The lowest BCUT2D eigenvalue weighted by Crippen LogP contribution is -2.23. The van der Waals surface area contributed by atoms with Crippen LogP contribution in [0.2, 0.25) is 0 Å². The number of aryl methyl sites for hydroxylation is 3. The third-order valence-corrected chi connectivity index (χ3v) is 5.30. The maximum absolute atomic E-state index is 12.2. The fourth-order valence-corrected chi connectivity index (χ4v) is 3.54. The van der Waals surface area contributed by atoms with Gasteiger partial charge in [-0.25, -0.2) is 0 Å². The largest absolute Gasteiger partial charge is 0.352 e. The average Bonchev–Trinajstić information content (AvgIpc) is 3.14. The summed E-state index contributed by atoms with van der Waals surface area (Å²) in [6, 6.07) is 15.0. The first kappa shape index (κ1) is 18.7. The molecule has 0 spiro atoms. The van der Waals surface area contributed by atoms with Crippen molar-refractivity contribution in [1.29, 1.82) is 0 Å². The van der Waals surface area contributed by atoms with E-state index in [9.17, 15) is 4.79 Å². The number of nitrogens with zero attached hydrogens (tertiary/aromatic N) is 1. The van der Waals surface area contributed by atoms with E-state index in [0.29, 0.717) is 13.0 Å². The van der Waals surface area contributed by atoms with Gasteiger partial charge in [-0.15, -0.1) is 0 Å². The second-order valence-corrected chi connectivity index (χ2v) is 7.50. The third kappa shape index (κ3) is 5.43. The van der Waals surface area contributed by atoms with Crippen LogP contribution in [0.4, 0.5) is 0 Å². The maximum atomic E-state index is 12.2. The predicted octanol–water partition coefficient (Wildman–Crippen LogP) is 4.15. The Morgan fingerprint density at radius 3 is 2.50 bits per heavy atom. The number of nitrogens with one attached hydrogen (secondary N) is 1. The maximum Gasteiger partial charge on any atom is 0.220 e. The molecule has 1 saturated heterocycles. The molecule has 0 unspecified atom stereocenters. The summed E-state index contributed by atoms with van der Waals surface area (Å²) >= 11 is 0. The van der Waals surface area contributed by atoms with Crippen LogP contribution < -0.4 is 5.32 Å². The minimum absolute atomic E-state index is 0.119. The molecule has 1 N–H and O–H groups in total. The van der Waals surface area contributed by atoms with E-state index in [0.717, 1.165) is 13.0 Å². The fraction of sp³-hybridized carbons (Fsp3) is 0.435. The Hall–Kier alpha value is -2.13. The van der Waals surface area contributed by atoms with Gasteiger partial charge in [-0.05, 0) is 74.0 Å². The monoisotopic (exact) mass is 350 g/mol. The molecule has 0 aliphatic carbocycles. The molecule has 2 aromatic rings. The van der Waals surface area contributed by atoms with Gasteiger partial charge >= 0.3 is 0 Å². The molecule has 1 fully saturated rings. The van der Waals surface area contributed by atoms with E-state index < -0.39 is 0 Å². The van der Waals surface area contributed by atoms with Gasteiger partial charge in [0, 0.05) is 19.5 Å². The number of benzene rings is 2. The summed E-state index contributed by atoms with van der Waals surface area (Å²) in [7, 11) is 0. The number of hydrogen-bond acceptors (Lipinski definition) is 2. The lowest BCUT2D eigenvalue weighted by molar-refractivity contribution is -0.121. The normalized spacial score (nSPS) is 14.5. The van der Waals surface area contributed by atoms with Crippen LogP contribution in [-0.2, 0) is 24.3 Å². The standard InChI is InChI=1S/C23H30N2O/c1-18-8-9-20(14-19(18)2)10-11-23(26)24-16-21-6-5-7-22(15-21)17-25-12-3-4-13-25/h5-9,14-15H,3-4,10-13,16-17H2,1-2H3,(H,24,26). The van der Waals surface area contributed by atoms with Crippen molar-refractivity contribution >= 4 is 5.91 Å². The van der Waals surface area contributed by atoms with Crippen molar-refractivity contribution in [2.45, 2.75) is 52.6 Å². The molecule has 26 heavy (non-hydrogen) atoms. The Morgan fingerprint density at radius 2 is 1.73 bits per heavy atom. The Bertz CT molecular complexity index is 748. The summed E-state index contributed by atoms with van der Waals surface area (Å²) in [6.07, 6.45) is 3.96. The van der Waals surface area contributed by atoms with Crippen molar-refractivity contribution < 1.29 is 4.79 Å². The van der Waals surface area contributed by atoms with E-state index in [4.69, 9.17) is 0 Å². The SMILES string of the molecule is Cc1ccc(CCC(=O)NCc2cccc(CN3CCCC3)c2)cc1C. The molecule has 1 aliphatic rings. The van der Waals surface area contributed by atoms with Crippen molar-refractivity contribution in [2.24, 2.45) is 0 Å². The first-order valence-electron chi connectivity index (χ1n) is 9.73. The minimum Gasteiger partial charge on any atom is -0.352 e. The zero-order chi connectivity index (χ0) is 18.4. The Balaban J connectivity index is 1.45. The van der Waals surface area contributed by atoms with Crippen molar-refractivity contribution in [3.05, 3.63) is 70.3 Å². The second kappa shape index (κ2) is 9.00. The minimum atomic E-state index is 0.119. The highest BCUT2D eigenvalue weighted by Gasteiger charge is 2.11. The smallest absolute Gasteiger partial charge is 0.220 e. The summed E-state index contributed by atoms with van der Waals surface area (Å²) < 4.78 is 0. The van der Waals surface area contributed by atoms with E-state index in [1.165, 1.54) is 53.7 Å². The molecular formula is C23H30N2O. The average molecular weight is 351 g/mol. The van der Waals surface area contributed by atoms with Crippen LogP contribution >= 0.6 is 0 Å². The number of amides is 1. The lowest BCUT2D eigenvalue weighted by atomic mass is 10.0. The van der Waals surface area contributed by atoms with Crippen molar-refractivity contribution in [1.82, 2.24) is 10.2 Å². The highest BCUT2D eigenvalue weighted by atomic mass is 16.1. The van der Waals surface area contributed by atoms with E-state index >= 15 is 0 Å². The molecule has 0 aromatic heterocycles. The molecule has 3 heteroatoms. The van der Waals surface area contributed by atoms with Gasteiger partial charge in [0.2, 0.25) is 5.91 Å². The van der Waals surface area contributed by atoms with Crippen LogP contribution in [0.5, 0.6) is 0 Å². The van der Waals surface area contributed by atoms with Crippen LogP contribution in [-0.4, -0.2) is 23.9 Å². The summed E-state index contributed by atoms with van der Waals surface area (Å²) in [6.45, 7) is 8.28. The number of carbonyl (C=O) groups excluding carboxylic acids is 1. The molecule has 3 rings (SSSR count). The Kier molecular flexibility index (Phi) is 6.45. The van der Waals surface area contributed by atoms with Crippen LogP contribution in [0.1, 0.15) is 47.1 Å². The molecule has 3 nitrogen and oxygen atoms in total. The third-order valence-electron chi connectivity index (χ3n) is 5.30. The van der Waals surface area contributed by atoms with Crippen molar-refractivity contribution in [3.8, 4) is 0 Å². The first-order valence-corrected chi connectivity index (χ1v) is 9.73. The zero-order valence-corrected chi connectivity index (χ0v) is 16.1. The zero-order valence-electron chi connectivity index (χ0n) is 16.1. The predicted molar refractivity (Wildman–Crippen MR) is 107 cm³/mol. The first-order chi connectivity index (χ1) is 12.6. The Morgan fingerprint density at radius 1 is 0.962 bits per heavy atom. The number of likely N-dealkylation sites (tertiary alicyclic amines) is 1. The van der Waals surface area contributed by atoms with Crippen LogP contribution in [0.15, 0.2) is 42.5 Å². The summed E-state index contributed by atoms with van der Waals surface area (Å²) in [5, 5.41) is 3.06. The highest BCUT2D eigenvalue weighted by Crippen LogP contribution is 2.14. The van der Waals surface area contributed by atoms with Gasteiger partial charge in [0.1, 0.15) is 0 Å². The molecular weight excluding hydrogens is 320 g/mol. The van der Waals surface area contributed by atoms with Gasteiger partial charge in [0.25, 0.3) is 0 Å². The van der Waals surface area contributed by atoms with Gasteiger partial charge < -0.3 is 5.32 Å². The summed E-state index contributed by atoms with van der Waals surface area (Å²) in [5.74, 6) is 0.119. The van der Waals surface area contributed by atoms with Crippen LogP contribution in [0, 0.1) is 13.8 Å². The number of hydrogen-bond donors (Lipinski definition) is 1.